The molecule has 0 radical (unpaired) electrons. The lowest BCUT2D eigenvalue weighted by Gasteiger charge is -2.45. The molecule has 3 unspecified atom stereocenters. The van der Waals surface area contributed by atoms with Gasteiger partial charge in [0.2, 0.25) is 5.91 Å². The molecule has 0 aromatic rings. The van der Waals surface area contributed by atoms with Crippen molar-refractivity contribution in [1.29, 1.82) is 0 Å². The third kappa shape index (κ3) is 3.59. The van der Waals surface area contributed by atoms with E-state index in [1.807, 2.05) is 6.92 Å². The Morgan fingerprint density at radius 1 is 1.19 bits per heavy atom. The van der Waals surface area contributed by atoms with Crippen LogP contribution in [0, 0.1) is 5.92 Å². The third-order valence-electron chi connectivity index (χ3n) is 5.90. The Bertz CT molecular complexity index is 380. The van der Waals surface area contributed by atoms with Gasteiger partial charge in [0.05, 0.1) is 5.54 Å². The minimum atomic E-state index is -0.525. The SMILES string of the molecule is CC(CCN1CCCC2CCCCC21)(NC1CC1)C(N)=O. The monoisotopic (exact) mass is 293 g/mol. The van der Waals surface area contributed by atoms with Gasteiger partial charge >= 0.3 is 0 Å². The number of carbonyl (C=O) groups is 1. The van der Waals surface area contributed by atoms with Crippen LogP contribution >= 0.6 is 0 Å². The van der Waals surface area contributed by atoms with E-state index in [1.54, 1.807) is 0 Å². The highest BCUT2D eigenvalue weighted by atomic mass is 16.1. The molecule has 3 N–H and O–H groups in total. The van der Waals surface area contributed by atoms with Crippen LogP contribution in [-0.2, 0) is 4.79 Å². The molecule has 0 bridgehead atoms. The molecule has 4 nitrogen and oxygen atoms in total. The maximum absolute atomic E-state index is 11.9. The molecule has 3 rings (SSSR count). The lowest BCUT2D eigenvalue weighted by atomic mass is 9.78. The lowest BCUT2D eigenvalue weighted by Crippen LogP contribution is -2.56. The highest BCUT2D eigenvalue weighted by Gasteiger charge is 2.39. The lowest BCUT2D eigenvalue weighted by molar-refractivity contribution is -0.124. The maximum Gasteiger partial charge on any atom is 0.237 e. The highest BCUT2D eigenvalue weighted by molar-refractivity contribution is 5.84. The zero-order valence-corrected chi connectivity index (χ0v) is 13.4. The number of nitrogens with two attached hydrogens (primary N) is 1. The normalized spacial score (nSPS) is 33.2. The van der Waals surface area contributed by atoms with Crippen LogP contribution in [0.5, 0.6) is 0 Å². The van der Waals surface area contributed by atoms with Gasteiger partial charge in [-0.15, -0.1) is 0 Å². The van der Waals surface area contributed by atoms with Crippen molar-refractivity contribution in [3.63, 3.8) is 0 Å². The van der Waals surface area contributed by atoms with Crippen molar-refractivity contribution in [3.05, 3.63) is 0 Å². The second-order valence-electron chi connectivity index (χ2n) is 7.66. The summed E-state index contributed by atoms with van der Waals surface area (Å²) in [5.74, 6) is 0.718. The molecule has 2 saturated carbocycles. The van der Waals surface area contributed by atoms with Gasteiger partial charge in [-0.05, 0) is 64.3 Å². The van der Waals surface area contributed by atoms with Crippen molar-refractivity contribution in [2.45, 2.75) is 82.3 Å². The van der Waals surface area contributed by atoms with Crippen molar-refractivity contribution in [3.8, 4) is 0 Å². The number of primary amides is 1. The molecular formula is C17H31N3O. The zero-order chi connectivity index (χ0) is 14.9. The average Bonchev–Trinajstić information content (AvgIpc) is 3.28. The number of piperidine rings is 1. The predicted molar refractivity (Wildman–Crippen MR) is 84.9 cm³/mol. The van der Waals surface area contributed by atoms with Crippen LogP contribution in [0.15, 0.2) is 0 Å². The summed E-state index contributed by atoms with van der Waals surface area (Å²) >= 11 is 0. The Morgan fingerprint density at radius 2 is 1.90 bits per heavy atom. The third-order valence-corrected chi connectivity index (χ3v) is 5.90. The fraction of sp³-hybridized carbons (Fsp3) is 0.941. The number of nitrogens with one attached hydrogen (secondary N) is 1. The number of hydrogen-bond acceptors (Lipinski definition) is 3. The fourth-order valence-electron chi connectivity index (χ4n) is 4.32. The van der Waals surface area contributed by atoms with E-state index < -0.39 is 5.54 Å². The summed E-state index contributed by atoms with van der Waals surface area (Å²) < 4.78 is 0. The first-order valence-corrected chi connectivity index (χ1v) is 8.90. The Labute approximate surface area is 128 Å². The Balaban J connectivity index is 1.57. The topological polar surface area (TPSA) is 58.4 Å². The van der Waals surface area contributed by atoms with Crippen LogP contribution in [0.3, 0.4) is 0 Å². The molecule has 3 atom stereocenters. The van der Waals surface area contributed by atoms with Gasteiger partial charge in [0.1, 0.15) is 0 Å². The molecule has 1 amide bonds. The number of carbonyl (C=O) groups excluding carboxylic acids is 1. The minimum Gasteiger partial charge on any atom is -0.368 e. The van der Waals surface area contributed by atoms with Crippen LogP contribution in [0.1, 0.15) is 64.7 Å². The first kappa shape index (κ1) is 15.3. The van der Waals surface area contributed by atoms with E-state index in [2.05, 4.69) is 10.2 Å². The van der Waals surface area contributed by atoms with Crippen molar-refractivity contribution < 1.29 is 4.79 Å². The fourth-order valence-corrected chi connectivity index (χ4v) is 4.32. The van der Waals surface area contributed by atoms with Gasteiger partial charge < -0.3 is 16.0 Å². The molecule has 1 heterocycles. The molecule has 0 aromatic heterocycles. The molecule has 3 fully saturated rings. The smallest absolute Gasteiger partial charge is 0.237 e. The van der Waals surface area contributed by atoms with E-state index in [9.17, 15) is 4.79 Å². The van der Waals surface area contributed by atoms with Crippen LogP contribution < -0.4 is 11.1 Å². The van der Waals surface area contributed by atoms with Crippen LogP contribution in [-0.4, -0.2) is 41.5 Å². The second kappa shape index (κ2) is 6.25. The van der Waals surface area contributed by atoms with Crippen molar-refractivity contribution in [2.24, 2.45) is 11.7 Å². The molecular weight excluding hydrogens is 262 g/mol. The first-order chi connectivity index (χ1) is 10.1. The average molecular weight is 293 g/mol. The van der Waals surface area contributed by atoms with Gasteiger partial charge in [0, 0.05) is 18.6 Å². The van der Waals surface area contributed by atoms with Gasteiger partial charge in [-0.1, -0.05) is 12.8 Å². The summed E-state index contributed by atoms with van der Waals surface area (Å²) in [6.07, 6.45) is 11.5. The number of likely N-dealkylation sites (tertiary alicyclic amines) is 1. The summed E-state index contributed by atoms with van der Waals surface area (Å²) in [7, 11) is 0. The van der Waals surface area contributed by atoms with Gasteiger partial charge in [-0.3, -0.25) is 4.79 Å². The van der Waals surface area contributed by atoms with E-state index in [4.69, 9.17) is 5.73 Å². The number of rotatable bonds is 6. The van der Waals surface area contributed by atoms with Gasteiger partial charge in [-0.25, -0.2) is 0 Å². The molecule has 0 aromatic carbocycles. The van der Waals surface area contributed by atoms with Crippen LogP contribution in [0.2, 0.25) is 0 Å². The summed E-state index contributed by atoms with van der Waals surface area (Å²) in [5, 5.41) is 3.48. The van der Waals surface area contributed by atoms with Crippen LogP contribution in [0.4, 0.5) is 0 Å². The summed E-state index contributed by atoms with van der Waals surface area (Å²) in [6, 6.07) is 1.29. The van der Waals surface area contributed by atoms with Crippen molar-refractivity contribution in [1.82, 2.24) is 10.2 Å². The Hall–Kier alpha value is -0.610. The molecule has 0 spiro atoms. The van der Waals surface area contributed by atoms with Gasteiger partial charge in [-0.2, -0.15) is 0 Å². The molecule has 3 aliphatic rings. The van der Waals surface area contributed by atoms with E-state index in [1.165, 1.54) is 57.9 Å². The maximum atomic E-state index is 11.9. The van der Waals surface area contributed by atoms with Crippen molar-refractivity contribution in [2.75, 3.05) is 13.1 Å². The van der Waals surface area contributed by atoms with E-state index in [-0.39, 0.29) is 5.91 Å². The number of hydrogen-bond donors (Lipinski definition) is 2. The zero-order valence-electron chi connectivity index (χ0n) is 13.4. The summed E-state index contributed by atoms with van der Waals surface area (Å²) in [5.41, 5.74) is 5.15. The minimum absolute atomic E-state index is 0.188. The molecule has 4 heteroatoms. The highest BCUT2D eigenvalue weighted by Crippen LogP contribution is 2.35. The Kier molecular flexibility index (Phi) is 4.55. The van der Waals surface area contributed by atoms with Crippen molar-refractivity contribution >= 4 is 5.91 Å². The summed E-state index contributed by atoms with van der Waals surface area (Å²) in [4.78, 5) is 14.5. The molecule has 1 saturated heterocycles. The molecule has 2 aliphatic carbocycles. The first-order valence-electron chi connectivity index (χ1n) is 8.90. The Morgan fingerprint density at radius 3 is 2.62 bits per heavy atom. The van der Waals surface area contributed by atoms with Gasteiger partial charge in [0.25, 0.3) is 0 Å². The molecule has 21 heavy (non-hydrogen) atoms. The van der Waals surface area contributed by atoms with E-state index in [0.717, 1.165) is 24.9 Å². The number of nitrogens with zero attached hydrogens (tertiary/aromatic N) is 1. The van der Waals surface area contributed by atoms with E-state index in [0.29, 0.717) is 6.04 Å². The summed E-state index contributed by atoms with van der Waals surface area (Å²) in [6.45, 7) is 4.22. The van der Waals surface area contributed by atoms with Crippen LogP contribution in [0.25, 0.3) is 0 Å². The molecule has 1 aliphatic heterocycles. The standard InChI is InChI=1S/C17H31N3O/c1-17(16(18)21,19-14-8-9-14)10-12-20-11-4-6-13-5-2-3-7-15(13)20/h13-15,19H,2-12H2,1H3,(H2,18,21). The predicted octanol–water partition coefficient (Wildman–Crippen LogP) is 2.03. The quantitative estimate of drug-likeness (QED) is 0.788. The van der Waals surface area contributed by atoms with Gasteiger partial charge in [0.15, 0.2) is 0 Å². The largest absolute Gasteiger partial charge is 0.368 e. The molecule has 120 valence electrons. The second-order valence-corrected chi connectivity index (χ2v) is 7.66. The number of amides is 1. The number of fused-ring (bicyclic) bond motifs is 1. The van der Waals surface area contributed by atoms with E-state index >= 15 is 0 Å².